The highest BCUT2D eigenvalue weighted by molar-refractivity contribution is 5.82. The number of hydrogen-bond acceptors (Lipinski definition) is 2. The molecule has 1 amide bonds. The van der Waals surface area contributed by atoms with Crippen molar-refractivity contribution < 1.29 is 4.79 Å². The average molecular weight is 222 g/mol. The molecular weight excluding hydrogens is 200 g/mol. The second-order valence-electron chi connectivity index (χ2n) is 4.50. The summed E-state index contributed by atoms with van der Waals surface area (Å²) >= 11 is 0. The number of carbonyl (C=O) groups is 1. The first-order valence-corrected chi connectivity index (χ1v) is 6.20. The second kappa shape index (κ2) is 7.29. The molecule has 1 heterocycles. The predicted molar refractivity (Wildman–Crippen MR) is 65.9 cm³/mol. The summed E-state index contributed by atoms with van der Waals surface area (Å²) in [6.07, 6.45) is 10.2. The van der Waals surface area contributed by atoms with Gasteiger partial charge < -0.3 is 10.6 Å². The van der Waals surface area contributed by atoms with Crippen molar-refractivity contribution in [3.05, 3.63) is 0 Å². The zero-order valence-electron chi connectivity index (χ0n) is 10.1. The van der Waals surface area contributed by atoms with Crippen molar-refractivity contribution in [2.75, 3.05) is 13.1 Å². The SMILES string of the molecule is C#CCCCCNC(=O)C1NCCCC1C. The molecule has 0 bridgehead atoms. The summed E-state index contributed by atoms with van der Waals surface area (Å²) in [6, 6.07) is 0.00128. The van der Waals surface area contributed by atoms with Crippen LogP contribution in [0.4, 0.5) is 0 Å². The summed E-state index contributed by atoms with van der Waals surface area (Å²) in [6.45, 7) is 3.83. The van der Waals surface area contributed by atoms with Crippen LogP contribution in [0.1, 0.15) is 39.0 Å². The van der Waals surface area contributed by atoms with Gasteiger partial charge in [-0.25, -0.2) is 0 Å². The largest absolute Gasteiger partial charge is 0.355 e. The van der Waals surface area contributed by atoms with Crippen LogP contribution in [0, 0.1) is 18.3 Å². The molecule has 1 aliphatic heterocycles. The number of piperidine rings is 1. The Labute approximate surface area is 98.4 Å². The predicted octanol–water partition coefficient (Wildman–Crippen LogP) is 1.29. The summed E-state index contributed by atoms with van der Waals surface area (Å²) in [5, 5.41) is 6.25. The number of terminal acetylenes is 1. The monoisotopic (exact) mass is 222 g/mol. The minimum absolute atomic E-state index is 0.00128. The van der Waals surface area contributed by atoms with E-state index in [0.29, 0.717) is 5.92 Å². The molecule has 2 atom stereocenters. The summed E-state index contributed by atoms with van der Waals surface area (Å²) < 4.78 is 0. The molecular formula is C13H22N2O. The fourth-order valence-electron chi connectivity index (χ4n) is 2.07. The molecule has 16 heavy (non-hydrogen) atoms. The third kappa shape index (κ3) is 4.24. The van der Waals surface area contributed by atoms with E-state index in [2.05, 4.69) is 23.5 Å². The van der Waals surface area contributed by atoms with Crippen molar-refractivity contribution in [3.63, 3.8) is 0 Å². The molecule has 1 saturated heterocycles. The lowest BCUT2D eigenvalue weighted by Gasteiger charge is -2.28. The molecule has 0 aliphatic carbocycles. The lowest BCUT2D eigenvalue weighted by molar-refractivity contribution is -0.124. The minimum Gasteiger partial charge on any atom is -0.355 e. The molecule has 0 aromatic carbocycles. The number of rotatable bonds is 5. The van der Waals surface area contributed by atoms with Crippen molar-refractivity contribution >= 4 is 5.91 Å². The third-order valence-electron chi connectivity index (χ3n) is 3.10. The molecule has 3 heteroatoms. The average Bonchev–Trinajstić information content (AvgIpc) is 2.29. The maximum absolute atomic E-state index is 11.8. The summed E-state index contributed by atoms with van der Waals surface area (Å²) in [5.74, 6) is 3.19. The quantitative estimate of drug-likeness (QED) is 0.544. The van der Waals surface area contributed by atoms with E-state index in [9.17, 15) is 4.79 Å². The summed E-state index contributed by atoms with van der Waals surface area (Å²) in [7, 11) is 0. The maximum Gasteiger partial charge on any atom is 0.237 e. The van der Waals surface area contributed by atoms with Gasteiger partial charge in [-0.1, -0.05) is 6.92 Å². The normalized spacial score (nSPS) is 24.8. The van der Waals surface area contributed by atoms with Gasteiger partial charge in [-0.05, 0) is 38.1 Å². The van der Waals surface area contributed by atoms with E-state index in [0.717, 1.165) is 38.8 Å². The topological polar surface area (TPSA) is 41.1 Å². The van der Waals surface area contributed by atoms with Crippen LogP contribution in [0.3, 0.4) is 0 Å². The van der Waals surface area contributed by atoms with E-state index < -0.39 is 0 Å². The summed E-state index contributed by atoms with van der Waals surface area (Å²) in [4.78, 5) is 11.8. The molecule has 1 rings (SSSR count). The van der Waals surface area contributed by atoms with E-state index in [1.165, 1.54) is 6.42 Å². The molecule has 0 spiro atoms. The zero-order valence-corrected chi connectivity index (χ0v) is 10.1. The number of unbranched alkanes of at least 4 members (excludes halogenated alkanes) is 2. The van der Waals surface area contributed by atoms with E-state index in [1.807, 2.05) is 0 Å². The number of amides is 1. The second-order valence-corrected chi connectivity index (χ2v) is 4.50. The fourth-order valence-corrected chi connectivity index (χ4v) is 2.07. The molecule has 1 aliphatic rings. The van der Waals surface area contributed by atoms with Crippen LogP contribution in [0.25, 0.3) is 0 Å². The first kappa shape index (κ1) is 13.1. The van der Waals surface area contributed by atoms with Crippen molar-refractivity contribution in [1.82, 2.24) is 10.6 Å². The van der Waals surface area contributed by atoms with Gasteiger partial charge in [0.05, 0.1) is 6.04 Å². The Balaban J connectivity index is 2.16. The van der Waals surface area contributed by atoms with Crippen LogP contribution in [0.15, 0.2) is 0 Å². The van der Waals surface area contributed by atoms with Crippen LogP contribution in [-0.2, 0) is 4.79 Å². The van der Waals surface area contributed by atoms with Gasteiger partial charge in [-0.2, -0.15) is 0 Å². The molecule has 0 aromatic rings. The van der Waals surface area contributed by atoms with Gasteiger partial charge in [-0.15, -0.1) is 12.3 Å². The smallest absolute Gasteiger partial charge is 0.237 e. The van der Waals surface area contributed by atoms with Crippen LogP contribution in [-0.4, -0.2) is 25.0 Å². The Morgan fingerprint density at radius 1 is 1.56 bits per heavy atom. The molecule has 90 valence electrons. The van der Waals surface area contributed by atoms with Gasteiger partial charge >= 0.3 is 0 Å². The lowest BCUT2D eigenvalue weighted by atomic mass is 9.92. The van der Waals surface area contributed by atoms with Gasteiger partial charge in [0.2, 0.25) is 5.91 Å². The zero-order chi connectivity index (χ0) is 11.8. The van der Waals surface area contributed by atoms with E-state index in [4.69, 9.17) is 6.42 Å². The van der Waals surface area contributed by atoms with E-state index in [1.54, 1.807) is 0 Å². The van der Waals surface area contributed by atoms with E-state index in [-0.39, 0.29) is 11.9 Å². The fraction of sp³-hybridized carbons (Fsp3) is 0.769. The Morgan fingerprint density at radius 3 is 3.06 bits per heavy atom. The maximum atomic E-state index is 11.8. The van der Waals surface area contributed by atoms with Crippen LogP contribution >= 0.6 is 0 Å². The number of hydrogen-bond donors (Lipinski definition) is 2. The van der Waals surface area contributed by atoms with Crippen molar-refractivity contribution in [3.8, 4) is 12.3 Å². The molecule has 0 aromatic heterocycles. The highest BCUT2D eigenvalue weighted by Crippen LogP contribution is 2.15. The van der Waals surface area contributed by atoms with Crippen LogP contribution in [0.2, 0.25) is 0 Å². The standard InChI is InChI=1S/C13H22N2O/c1-3-4-5-6-9-15-13(16)12-11(2)8-7-10-14-12/h1,11-12,14H,4-10H2,2H3,(H,15,16). The van der Waals surface area contributed by atoms with Gasteiger partial charge in [0.15, 0.2) is 0 Å². The van der Waals surface area contributed by atoms with Crippen molar-refractivity contribution in [2.45, 2.75) is 45.1 Å². The van der Waals surface area contributed by atoms with E-state index >= 15 is 0 Å². The van der Waals surface area contributed by atoms with Gasteiger partial charge in [-0.3, -0.25) is 4.79 Å². The highest BCUT2D eigenvalue weighted by atomic mass is 16.2. The van der Waals surface area contributed by atoms with Gasteiger partial charge in [0.1, 0.15) is 0 Å². The Bertz CT molecular complexity index is 257. The Hall–Kier alpha value is -1.01. The minimum atomic E-state index is 0.00128. The van der Waals surface area contributed by atoms with Crippen molar-refractivity contribution in [2.24, 2.45) is 5.92 Å². The summed E-state index contributed by atoms with van der Waals surface area (Å²) in [5.41, 5.74) is 0. The van der Waals surface area contributed by atoms with Gasteiger partial charge in [0, 0.05) is 13.0 Å². The van der Waals surface area contributed by atoms with Crippen LogP contribution in [0.5, 0.6) is 0 Å². The Morgan fingerprint density at radius 2 is 2.38 bits per heavy atom. The molecule has 1 fully saturated rings. The first-order valence-electron chi connectivity index (χ1n) is 6.20. The highest BCUT2D eigenvalue weighted by Gasteiger charge is 2.26. The molecule has 3 nitrogen and oxygen atoms in total. The Kier molecular flexibility index (Phi) is 5.95. The van der Waals surface area contributed by atoms with Crippen molar-refractivity contribution in [1.29, 1.82) is 0 Å². The number of carbonyl (C=O) groups excluding carboxylic acids is 1. The molecule has 0 radical (unpaired) electrons. The first-order chi connectivity index (χ1) is 7.75. The molecule has 2 N–H and O–H groups in total. The molecule has 0 saturated carbocycles. The van der Waals surface area contributed by atoms with Crippen LogP contribution < -0.4 is 10.6 Å². The van der Waals surface area contributed by atoms with Gasteiger partial charge in [0.25, 0.3) is 0 Å². The molecule has 2 unspecified atom stereocenters. The number of nitrogens with one attached hydrogen (secondary N) is 2. The lowest BCUT2D eigenvalue weighted by Crippen LogP contribution is -2.51. The third-order valence-corrected chi connectivity index (χ3v) is 3.10.